The van der Waals surface area contributed by atoms with Crippen molar-refractivity contribution in [1.29, 1.82) is 0 Å². The highest BCUT2D eigenvalue weighted by Crippen LogP contribution is 2.49. The maximum Gasteiger partial charge on any atom is 0.309 e. The van der Waals surface area contributed by atoms with Crippen molar-refractivity contribution in [3.63, 3.8) is 0 Å². The zero-order chi connectivity index (χ0) is 9.47. The highest BCUT2D eigenvalue weighted by molar-refractivity contribution is 9.10. The summed E-state index contributed by atoms with van der Waals surface area (Å²) in [5.74, 6) is -0.642. The minimum atomic E-state index is -0.642. The third-order valence-electron chi connectivity index (χ3n) is 2.44. The molecular weight excluding hydrogens is 252 g/mol. The first-order chi connectivity index (χ1) is 6.12. The number of rotatable bonds is 3. The van der Waals surface area contributed by atoms with E-state index in [1.54, 1.807) is 11.3 Å². The van der Waals surface area contributed by atoms with Crippen molar-refractivity contribution in [2.75, 3.05) is 0 Å². The van der Waals surface area contributed by atoms with E-state index in [2.05, 4.69) is 15.9 Å². The Morgan fingerprint density at radius 3 is 2.77 bits per heavy atom. The normalized spacial score (nSPS) is 18.5. The van der Waals surface area contributed by atoms with E-state index >= 15 is 0 Å². The molecule has 0 radical (unpaired) electrons. The molecule has 0 aliphatic heterocycles. The third-order valence-corrected chi connectivity index (χ3v) is 4.14. The molecule has 13 heavy (non-hydrogen) atoms. The lowest BCUT2D eigenvalue weighted by atomic mass is 10.0. The number of thiophene rings is 1. The molecule has 1 aromatic heterocycles. The molecule has 70 valence electrons. The molecule has 0 unspecified atom stereocenters. The van der Waals surface area contributed by atoms with Gasteiger partial charge in [-0.1, -0.05) is 0 Å². The number of carboxylic acid groups (broad SMARTS) is 1. The molecule has 0 spiro atoms. The van der Waals surface area contributed by atoms with Gasteiger partial charge in [0, 0.05) is 14.7 Å². The van der Waals surface area contributed by atoms with Gasteiger partial charge in [-0.05, 0) is 41.3 Å². The van der Waals surface area contributed by atoms with Crippen LogP contribution < -0.4 is 0 Å². The molecule has 1 aliphatic rings. The van der Waals surface area contributed by atoms with Gasteiger partial charge in [0.05, 0.1) is 5.41 Å². The third kappa shape index (κ3) is 1.79. The fourth-order valence-electron chi connectivity index (χ4n) is 1.40. The molecule has 4 heteroatoms. The van der Waals surface area contributed by atoms with Crippen LogP contribution in [0, 0.1) is 5.41 Å². The number of hydrogen-bond donors (Lipinski definition) is 1. The van der Waals surface area contributed by atoms with Crippen LogP contribution in [0.5, 0.6) is 0 Å². The van der Waals surface area contributed by atoms with E-state index in [4.69, 9.17) is 5.11 Å². The van der Waals surface area contributed by atoms with Gasteiger partial charge in [0.2, 0.25) is 0 Å². The van der Waals surface area contributed by atoms with E-state index in [0.29, 0.717) is 6.42 Å². The maximum atomic E-state index is 10.9. The predicted octanol–water partition coefficient (Wildman–Crippen LogP) is 2.92. The van der Waals surface area contributed by atoms with Gasteiger partial charge in [-0.15, -0.1) is 11.3 Å². The van der Waals surface area contributed by atoms with Crippen LogP contribution in [0.1, 0.15) is 17.7 Å². The van der Waals surface area contributed by atoms with E-state index in [-0.39, 0.29) is 0 Å². The van der Waals surface area contributed by atoms with Crippen LogP contribution in [0.3, 0.4) is 0 Å². The topological polar surface area (TPSA) is 37.3 Å². The Bertz CT molecular complexity index is 341. The highest BCUT2D eigenvalue weighted by Gasteiger charge is 2.50. The highest BCUT2D eigenvalue weighted by atomic mass is 79.9. The minimum absolute atomic E-state index is 0.426. The van der Waals surface area contributed by atoms with Crippen molar-refractivity contribution in [2.45, 2.75) is 19.3 Å². The van der Waals surface area contributed by atoms with Gasteiger partial charge < -0.3 is 5.11 Å². The van der Waals surface area contributed by atoms with Gasteiger partial charge in [0.15, 0.2) is 0 Å². The Morgan fingerprint density at radius 2 is 2.38 bits per heavy atom. The predicted molar refractivity (Wildman–Crippen MR) is 55.0 cm³/mol. The van der Waals surface area contributed by atoms with Gasteiger partial charge in [0.25, 0.3) is 0 Å². The second-order valence-corrected chi connectivity index (χ2v) is 5.40. The first-order valence-electron chi connectivity index (χ1n) is 4.09. The summed E-state index contributed by atoms with van der Waals surface area (Å²) in [6, 6.07) is 2.01. The maximum absolute atomic E-state index is 10.9. The molecular formula is C9H9BrO2S. The van der Waals surface area contributed by atoms with E-state index in [9.17, 15) is 4.79 Å². The first kappa shape index (κ1) is 9.21. The smallest absolute Gasteiger partial charge is 0.309 e. The summed E-state index contributed by atoms with van der Waals surface area (Å²) in [6.45, 7) is 0. The van der Waals surface area contributed by atoms with E-state index < -0.39 is 11.4 Å². The van der Waals surface area contributed by atoms with Gasteiger partial charge in [-0.3, -0.25) is 4.79 Å². The molecule has 2 nitrogen and oxygen atoms in total. The Hall–Kier alpha value is -0.350. The van der Waals surface area contributed by atoms with Crippen LogP contribution in [-0.4, -0.2) is 11.1 Å². The molecule has 2 rings (SSSR count). The number of halogens is 1. The number of carboxylic acids is 1. The summed E-state index contributed by atoms with van der Waals surface area (Å²) in [4.78, 5) is 12.0. The molecule has 0 aromatic carbocycles. The summed E-state index contributed by atoms with van der Waals surface area (Å²) >= 11 is 4.98. The van der Waals surface area contributed by atoms with Crippen molar-refractivity contribution in [1.82, 2.24) is 0 Å². The minimum Gasteiger partial charge on any atom is -0.481 e. The van der Waals surface area contributed by atoms with Crippen LogP contribution in [0.4, 0.5) is 0 Å². The van der Waals surface area contributed by atoms with Gasteiger partial charge in [-0.2, -0.15) is 0 Å². The standard InChI is InChI=1S/C9H9BrO2S/c10-6-3-7(13-5-6)4-9(1-2-9)8(11)12/h3,5H,1-2,4H2,(H,11,12). The van der Waals surface area contributed by atoms with Crippen molar-refractivity contribution < 1.29 is 9.90 Å². The lowest BCUT2D eigenvalue weighted by Gasteiger charge is -2.06. The molecule has 1 heterocycles. The molecule has 0 amide bonds. The molecule has 1 aromatic rings. The summed E-state index contributed by atoms with van der Waals surface area (Å²) in [5.41, 5.74) is -0.426. The molecule has 0 atom stereocenters. The number of aliphatic carboxylic acids is 1. The van der Waals surface area contributed by atoms with Crippen LogP contribution in [0.25, 0.3) is 0 Å². The van der Waals surface area contributed by atoms with Crippen molar-refractivity contribution in [3.8, 4) is 0 Å². The quantitative estimate of drug-likeness (QED) is 0.908. The Kier molecular flexibility index (Phi) is 2.20. The molecule has 1 N–H and O–H groups in total. The Balaban J connectivity index is 2.10. The molecule has 1 fully saturated rings. The summed E-state index contributed by atoms with van der Waals surface area (Å²) in [6.07, 6.45) is 2.36. The van der Waals surface area contributed by atoms with E-state index in [1.807, 2.05) is 11.4 Å². The second-order valence-electron chi connectivity index (χ2n) is 3.49. The SMILES string of the molecule is O=C(O)C1(Cc2cc(Br)cs2)CC1. The Morgan fingerprint density at radius 1 is 1.69 bits per heavy atom. The van der Waals surface area contributed by atoms with Crippen molar-refractivity contribution >= 4 is 33.2 Å². The molecule has 1 aliphatic carbocycles. The van der Waals surface area contributed by atoms with E-state index in [0.717, 1.165) is 22.2 Å². The fourth-order valence-corrected chi connectivity index (χ4v) is 2.99. The largest absolute Gasteiger partial charge is 0.481 e. The van der Waals surface area contributed by atoms with Crippen LogP contribution in [0.15, 0.2) is 15.9 Å². The van der Waals surface area contributed by atoms with Crippen LogP contribution >= 0.6 is 27.3 Å². The monoisotopic (exact) mass is 260 g/mol. The fraction of sp³-hybridized carbons (Fsp3) is 0.444. The average Bonchev–Trinajstić information content (AvgIpc) is 2.72. The zero-order valence-corrected chi connectivity index (χ0v) is 9.32. The summed E-state index contributed by atoms with van der Waals surface area (Å²) in [7, 11) is 0. The van der Waals surface area contributed by atoms with Crippen molar-refractivity contribution in [3.05, 3.63) is 20.8 Å². The lowest BCUT2D eigenvalue weighted by Crippen LogP contribution is -2.16. The first-order valence-corrected chi connectivity index (χ1v) is 5.76. The Labute approximate surface area is 88.7 Å². The second kappa shape index (κ2) is 3.10. The van der Waals surface area contributed by atoms with Gasteiger partial charge in [0.1, 0.15) is 0 Å². The zero-order valence-electron chi connectivity index (χ0n) is 6.92. The average molecular weight is 261 g/mol. The number of hydrogen-bond acceptors (Lipinski definition) is 2. The van der Waals surface area contributed by atoms with Gasteiger partial charge >= 0.3 is 5.97 Å². The molecule has 0 saturated heterocycles. The lowest BCUT2D eigenvalue weighted by molar-refractivity contribution is -0.143. The van der Waals surface area contributed by atoms with Crippen LogP contribution in [0.2, 0.25) is 0 Å². The summed E-state index contributed by atoms with van der Waals surface area (Å²) in [5, 5.41) is 11.0. The molecule has 1 saturated carbocycles. The van der Waals surface area contributed by atoms with Crippen molar-refractivity contribution in [2.24, 2.45) is 5.41 Å². The van der Waals surface area contributed by atoms with Gasteiger partial charge in [-0.25, -0.2) is 0 Å². The van der Waals surface area contributed by atoms with Crippen LogP contribution in [-0.2, 0) is 11.2 Å². The van der Waals surface area contributed by atoms with E-state index in [1.165, 1.54) is 0 Å². The molecule has 0 bridgehead atoms. The number of carbonyl (C=O) groups is 1. The summed E-state index contributed by atoms with van der Waals surface area (Å²) < 4.78 is 1.05.